The lowest BCUT2D eigenvalue weighted by Gasteiger charge is -2.35. The van der Waals surface area contributed by atoms with E-state index >= 15 is 0 Å². The minimum absolute atomic E-state index is 0.0203. The number of aliphatic hydroxyl groups is 1. The van der Waals surface area contributed by atoms with Crippen molar-refractivity contribution in [2.24, 2.45) is 11.8 Å². The normalized spacial score (nSPS) is 35.9. The third kappa shape index (κ3) is 3.47. The number of fused-ring (bicyclic) bond motifs is 1. The van der Waals surface area contributed by atoms with Gasteiger partial charge < -0.3 is 20.6 Å². The summed E-state index contributed by atoms with van der Waals surface area (Å²) in [7, 11) is 0. The maximum absolute atomic E-state index is 13.3. The molecule has 1 spiro atoms. The lowest BCUT2D eigenvalue weighted by Crippen LogP contribution is -2.55. The van der Waals surface area contributed by atoms with Crippen LogP contribution >= 0.6 is 27.7 Å². The average molecular weight is 476 g/mol. The summed E-state index contributed by atoms with van der Waals surface area (Å²) >= 11 is 5.33. The zero-order chi connectivity index (χ0) is 20.5. The molecule has 3 fully saturated rings. The quantitative estimate of drug-likeness (QED) is 0.339. The largest absolute Gasteiger partial charge is 0.395 e. The number of thioether (sulfide) groups is 1. The summed E-state index contributed by atoms with van der Waals surface area (Å²) in [5.74, 6) is -1.39. The minimum Gasteiger partial charge on any atom is -0.395 e. The van der Waals surface area contributed by atoms with Gasteiger partial charge in [0.05, 0.1) is 23.2 Å². The highest BCUT2D eigenvalue weighted by Crippen LogP contribution is 2.67. The number of aliphatic hydroxyl groups excluding tert-OH is 1. The van der Waals surface area contributed by atoms with Crippen LogP contribution in [0.1, 0.15) is 39.5 Å². The van der Waals surface area contributed by atoms with Crippen molar-refractivity contribution >= 4 is 45.4 Å². The SMILES string of the molecule is CCCCNC(=O)C1N(CCO)C(=O)[C@@H]2[C@H](C(=O)NCCC)[C@H]3SC12CC3Br. The summed E-state index contributed by atoms with van der Waals surface area (Å²) in [4.78, 5) is 41.0. The summed E-state index contributed by atoms with van der Waals surface area (Å²) in [5.41, 5.74) is 0. The second kappa shape index (κ2) is 8.92. The fourth-order valence-corrected chi connectivity index (χ4v) is 8.54. The minimum atomic E-state index is -0.645. The summed E-state index contributed by atoms with van der Waals surface area (Å²) in [6.07, 6.45) is 3.35. The molecule has 3 unspecified atom stereocenters. The molecule has 0 aromatic heterocycles. The number of halogens is 1. The van der Waals surface area contributed by atoms with Crippen LogP contribution in [-0.2, 0) is 14.4 Å². The predicted molar refractivity (Wildman–Crippen MR) is 112 cm³/mol. The van der Waals surface area contributed by atoms with Crippen LogP contribution < -0.4 is 10.6 Å². The van der Waals surface area contributed by atoms with E-state index in [9.17, 15) is 19.5 Å². The molecule has 3 aliphatic heterocycles. The number of carbonyl (C=O) groups excluding carboxylic acids is 3. The Labute approximate surface area is 178 Å². The first-order valence-corrected chi connectivity index (χ1v) is 12.0. The Kier molecular flexibility index (Phi) is 6.97. The van der Waals surface area contributed by atoms with E-state index in [-0.39, 0.29) is 41.0 Å². The van der Waals surface area contributed by atoms with Gasteiger partial charge in [0, 0.05) is 29.7 Å². The molecule has 0 radical (unpaired) electrons. The molecule has 0 aliphatic carbocycles. The molecule has 3 heterocycles. The number of nitrogens with one attached hydrogen (secondary N) is 2. The third-order valence-electron chi connectivity index (χ3n) is 6.06. The van der Waals surface area contributed by atoms with Crippen molar-refractivity contribution < 1.29 is 19.5 Å². The van der Waals surface area contributed by atoms with Crippen LogP contribution in [0.2, 0.25) is 0 Å². The van der Waals surface area contributed by atoms with Gasteiger partial charge in [0.2, 0.25) is 17.7 Å². The first-order valence-electron chi connectivity index (χ1n) is 10.2. The molecule has 2 bridgehead atoms. The Balaban J connectivity index is 1.92. The smallest absolute Gasteiger partial charge is 0.244 e. The molecule has 9 heteroatoms. The van der Waals surface area contributed by atoms with Gasteiger partial charge in [-0.3, -0.25) is 14.4 Å². The number of rotatable bonds is 9. The van der Waals surface area contributed by atoms with Crippen molar-refractivity contribution in [3.8, 4) is 0 Å². The Morgan fingerprint density at radius 3 is 2.61 bits per heavy atom. The number of likely N-dealkylation sites (tertiary alicyclic amines) is 1. The topological polar surface area (TPSA) is 98.7 Å². The number of carbonyl (C=O) groups is 3. The van der Waals surface area contributed by atoms with Gasteiger partial charge in [-0.25, -0.2) is 0 Å². The number of alkyl halides is 1. The van der Waals surface area contributed by atoms with Gasteiger partial charge >= 0.3 is 0 Å². The van der Waals surface area contributed by atoms with E-state index in [1.165, 1.54) is 4.90 Å². The molecule has 7 nitrogen and oxygen atoms in total. The Bertz CT molecular complexity index is 636. The molecule has 3 saturated heterocycles. The van der Waals surface area contributed by atoms with Crippen LogP contribution in [0, 0.1) is 11.8 Å². The van der Waals surface area contributed by atoms with Crippen molar-refractivity contribution in [3.63, 3.8) is 0 Å². The van der Waals surface area contributed by atoms with E-state index in [2.05, 4.69) is 33.5 Å². The molecule has 0 aromatic carbocycles. The first-order chi connectivity index (χ1) is 13.4. The molecule has 3 rings (SSSR count). The molecule has 28 heavy (non-hydrogen) atoms. The van der Waals surface area contributed by atoms with Crippen LogP contribution in [0.5, 0.6) is 0 Å². The van der Waals surface area contributed by atoms with Gasteiger partial charge in [-0.1, -0.05) is 36.2 Å². The molecule has 0 saturated carbocycles. The van der Waals surface area contributed by atoms with E-state index in [4.69, 9.17) is 0 Å². The highest BCUT2D eigenvalue weighted by molar-refractivity contribution is 9.09. The number of hydrogen-bond donors (Lipinski definition) is 3. The zero-order valence-electron chi connectivity index (χ0n) is 16.4. The number of nitrogens with zero attached hydrogens (tertiary/aromatic N) is 1. The second-order valence-electron chi connectivity index (χ2n) is 7.85. The maximum atomic E-state index is 13.3. The van der Waals surface area contributed by atoms with E-state index in [0.29, 0.717) is 19.5 Å². The molecule has 3 amide bonds. The Morgan fingerprint density at radius 1 is 1.25 bits per heavy atom. The van der Waals surface area contributed by atoms with E-state index in [1.807, 2.05) is 6.92 Å². The van der Waals surface area contributed by atoms with Crippen molar-refractivity contribution in [1.29, 1.82) is 0 Å². The lowest BCUT2D eigenvalue weighted by atomic mass is 9.70. The number of hydrogen-bond acceptors (Lipinski definition) is 5. The maximum Gasteiger partial charge on any atom is 0.244 e. The second-order valence-corrected chi connectivity index (χ2v) is 10.6. The van der Waals surface area contributed by atoms with Crippen molar-refractivity contribution in [3.05, 3.63) is 0 Å². The number of β-amino-alcohol motifs (C(OH)–C–C–N with tert-alkyl or cyclic N) is 1. The van der Waals surface area contributed by atoms with Crippen LogP contribution in [-0.4, -0.2) is 74.8 Å². The van der Waals surface area contributed by atoms with Crippen LogP contribution in [0.3, 0.4) is 0 Å². The average Bonchev–Trinajstić information content (AvgIpc) is 3.24. The molecular formula is C19H30BrN3O4S. The highest BCUT2D eigenvalue weighted by Gasteiger charge is 2.75. The first kappa shape index (κ1) is 21.9. The lowest BCUT2D eigenvalue weighted by molar-refractivity contribution is -0.140. The fourth-order valence-electron chi connectivity index (χ4n) is 4.93. The van der Waals surface area contributed by atoms with E-state index in [0.717, 1.165) is 19.3 Å². The van der Waals surface area contributed by atoms with Crippen LogP contribution in [0.15, 0.2) is 0 Å². The zero-order valence-corrected chi connectivity index (χ0v) is 18.9. The van der Waals surface area contributed by atoms with Crippen LogP contribution in [0.25, 0.3) is 0 Å². The summed E-state index contributed by atoms with van der Waals surface area (Å²) in [6.45, 7) is 5.11. The standard InChI is InChI=1S/C19H30BrN3O4S/c1-3-5-7-22-17(26)15-19-10-11(20)14(28-19)12(16(25)21-6-4-2)13(19)18(27)23(15)8-9-24/h11-15,24H,3-10H2,1-2H3,(H,21,25)(H,22,26)/t11?,12-,13-,14-,15?,19?/m0/s1. The van der Waals surface area contributed by atoms with Crippen molar-refractivity contribution in [2.75, 3.05) is 26.2 Å². The monoisotopic (exact) mass is 475 g/mol. The van der Waals surface area contributed by atoms with Gasteiger partial charge in [0.1, 0.15) is 6.04 Å². The summed E-state index contributed by atoms with van der Waals surface area (Å²) in [6, 6.07) is -0.645. The third-order valence-corrected chi connectivity index (χ3v) is 9.28. The van der Waals surface area contributed by atoms with E-state index in [1.54, 1.807) is 11.8 Å². The molecule has 158 valence electrons. The van der Waals surface area contributed by atoms with Crippen molar-refractivity contribution in [2.45, 2.75) is 60.4 Å². The van der Waals surface area contributed by atoms with Gasteiger partial charge in [0.15, 0.2) is 0 Å². The van der Waals surface area contributed by atoms with Gasteiger partial charge in [-0.05, 0) is 19.3 Å². The highest BCUT2D eigenvalue weighted by atomic mass is 79.9. The molecule has 3 N–H and O–H groups in total. The van der Waals surface area contributed by atoms with E-state index < -0.39 is 22.6 Å². The van der Waals surface area contributed by atoms with Crippen LogP contribution in [0.4, 0.5) is 0 Å². The fraction of sp³-hybridized carbons (Fsp3) is 0.842. The molecule has 0 aromatic rings. The summed E-state index contributed by atoms with van der Waals surface area (Å²) < 4.78 is -0.615. The van der Waals surface area contributed by atoms with Gasteiger partial charge in [0.25, 0.3) is 0 Å². The Hall–Kier alpha value is -0.800. The molecule has 6 atom stereocenters. The number of amides is 3. The molecule has 3 aliphatic rings. The Morgan fingerprint density at radius 2 is 1.96 bits per heavy atom. The predicted octanol–water partition coefficient (Wildman–Crippen LogP) is 0.886. The number of unbranched alkanes of at least 4 members (excludes halogenated alkanes) is 1. The molecular weight excluding hydrogens is 446 g/mol. The van der Waals surface area contributed by atoms with Crippen molar-refractivity contribution in [1.82, 2.24) is 15.5 Å². The van der Waals surface area contributed by atoms with Gasteiger partial charge in [-0.15, -0.1) is 11.8 Å². The summed E-state index contributed by atoms with van der Waals surface area (Å²) in [5, 5.41) is 15.4. The van der Waals surface area contributed by atoms with Gasteiger partial charge in [-0.2, -0.15) is 0 Å².